The molecule has 202 valence electrons. The first-order valence-electron chi connectivity index (χ1n) is 13.5. The Morgan fingerprint density at radius 3 is 2.47 bits per heavy atom. The normalized spacial score (nSPS) is 14.9. The number of carbonyl (C=O) groups is 2. The molecule has 1 aromatic heterocycles. The molecule has 1 atom stereocenters. The quantitative estimate of drug-likeness (QED) is 0.419. The van der Waals surface area contributed by atoms with Crippen LogP contribution in [0.5, 0.6) is 0 Å². The Kier molecular flexibility index (Phi) is 9.20. The van der Waals surface area contributed by atoms with Crippen LogP contribution < -0.4 is 5.32 Å². The molecule has 0 spiro atoms. The SMILES string of the molecule is Cc1ccc(-c2nnn(CC(=O)N(Cc3ccccc3F)[C@@H](CC(C)C)C(=O)NC3CCCCC3)n2)cc1. The van der Waals surface area contributed by atoms with Crippen LogP contribution in [0.25, 0.3) is 11.4 Å². The van der Waals surface area contributed by atoms with Gasteiger partial charge in [0.2, 0.25) is 17.6 Å². The number of amides is 2. The molecule has 9 heteroatoms. The lowest BCUT2D eigenvalue weighted by molar-refractivity contribution is -0.143. The molecule has 2 amide bonds. The predicted octanol–water partition coefficient (Wildman–Crippen LogP) is 4.68. The van der Waals surface area contributed by atoms with Gasteiger partial charge in [-0.1, -0.05) is 81.1 Å². The van der Waals surface area contributed by atoms with Gasteiger partial charge in [0.05, 0.1) is 0 Å². The smallest absolute Gasteiger partial charge is 0.247 e. The second kappa shape index (κ2) is 12.8. The van der Waals surface area contributed by atoms with E-state index >= 15 is 0 Å². The fourth-order valence-corrected chi connectivity index (χ4v) is 4.89. The Morgan fingerprint density at radius 2 is 1.79 bits per heavy atom. The third kappa shape index (κ3) is 7.24. The van der Waals surface area contributed by atoms with Crippen molar-refractivity contribution in [1.82, 2.24) is 30.4 Å². The maximum absolute atomic E-state index is 14.7. The molecule has 3 aromatic rings. The van der Waals surface area contributed by atoms with Gasteiger partial charge in [-0.05, 0) is 43.4 Å². The fourth-order valence-electron chi connectivity index (χ4n) is 4.89. The van der Waals surface area contributed by atoms with Gasteiger partial charge in [-0.2, -0.15) is 4.80 Å². The Labute approximate surface area is 223 Å². The van der Waals surface area contributed by atoms with Crippen molar-refractivity contribution in [2.45, 2.75) is 84.5 Å². The standard InChI is InChI=1S/C29H37FN6O2/c1-20(2)17-26(29(38)31-24-10-5-4-6-11-24)35(18-23-9-7-8-12-25(23)30)27(37)19-36-33-28(32-34-36)22-15-13-21(3)14-16-22/h7-9,12-16,20,24,26H,4-6,10-11,17-19H2,1-3H3,(H,31,38)/t26-/m0/s1. The number of hydrogen-bond acceptors (Lipinski definition) is 5. The first kappa shape index (κ1) is 27.4. The zero-order chi connectivity index (χ0) is 27.1. The number of rotatable bonds is 10. The van der Waals surface area contributed by atoms with E-state index in [4.69, 9.17) is 0 Å². The molecule has 0 bridgehead atoms. The van der Waals surface area contributed by atoms with E-state index in [1.807, 2.05) is 45.0 Å². The van der Waals surface area contributed by atoms with Crippen molar-refractivity contribution >= 4 is 11.8 Å². The highest BCUT2D eigenvalue weighted by Gasteiger charge is 2.33. The van der Waals surface area contributed by atoms with Crippen molar-refractivity contribution in [2.75, 3.05) is 0 Å². The van der Waals surface area contributed by atoms with Crippen molar-refractivity contribution in [3.05, 3.63) is 65.5 Å². The van der Waals surface area contributed by atoms with Gasteiger partial charge in [0.1, 0.15) is 18.4 Å². The van der Waals surface area contributed by atoms with E-state index in [0.717, 1.165) is 36.8 Å². The summed E-state index contributed by atoms with van der Waals surface area (Å²) in [6.45, 7) is 5.78. The van der Waals surface area contributed by atoms with Crippen LogP contribution in [0, 0.1) is 18.7 Å². The van der Waals surface area contributed by atoms with Gasteiger partial charge in [-0.25, -0.2) is 4.39 Å². The van der Waals surface area contributed by atoms with E-state index in [1.165, 1.54) is 22.2 Å². The summed E-state index contributed by atoms with van der Waals surface area (Å²) < 4.78 is 14.7. The number of halogens is 1. The average molecular weight is 521 g/mol. The van der Waals surface area contributed by atoms with Gasteiger partial charge in [0.25, 0.3) is 0 Å². The first-order valence-corrected chi connectivity index (χ1v) is 13.5. The lowest BCUT2D eigenvalue weighted by Gasteiger charge is -2.34. The van der Waals surface area contributed by atoms with Crippen molar-refractivity contribution in [2.24, 2.45) is 5.92 Å². The highest BCUT2D eigenvalue weighted by atomic mass is 19.1. The van der Waals surface area contributed by atoms with Gasteiger partial charge >= 0.3 is 0 Å². The lowest BCUT2D eigenvalue weighted by atomic mass is 9.94. The molecule has 0 saturated heterocycles. The van der Waals surface area contributed by atoms with Gasteiger partial charge in [-0.15, -0.1) is 10.2 Å². The van der Waals surface area contributed by atoms with Gasteiger partial charge in [0.15, 0.2) is 0 Å². The molecule has 0 unspecified atom stereocenters. The molecule has 1 heterocycles. The number of carbonyl (C=O) groups excluding carboxylic acids is 2. The minimum Gasteiger partial charge on any atom is -0.352 e. The van der Waals surface area contributed by atoms with Gasteiger partial charge in [-0.3, -0.25) is 9.59 Å². The van der Waals surface area contributed by atoms with Crippen molar-refractivity contribution in [1.29, 1.82) is 0 Å². The summed E-state index contributed by atoms with van der Waals surface area (Å²) in [5.41, 5.74) is 2.26. The van der Waals surface area contributed by atoms with Crippen molar-refractivity contribution in [3.8, 4) is 11.4 Å². The zero-order valence-electron chi connectivity index (χ0n) is 22.4. The number of tetrazole rings is 1. The number of nitrogens with zero attached hydrogens (tertiary/aromatic N) is 5. The molecule has 38 heavy (non-hydrogen) atoms. The third-order valence-electron chi connectivity index (χ3n) is 6.98. The largest absolute Gasteiger partial charge is 0.352 e. The Bertz CT molecular complexity index is 1220. The summed E-state index contributed by atoms with van der Waals surface area (Å²) in [5, 5.41) is 15.7. The van der Waals surface area contributed by atoms with E-state index in [2.05, 4.69) is 20.7 Å². The Morgan fingerprint density at radius 1 is 1.08 bits per heavy atom. The molecule has 1 N–H and O–H groups in total. The van der Waals surface area contributed by atoms with Crippen LogP contribution >= 0.6 is 0 Å². The van der Waals surface area contributed by atoms with Crippen LogP contribution in [-0.4, -0.2) is 49.0 Å². The third-order valence-corrected chi connectivity index (χ3v) is 6.98. The van der Waals surface area contributed by atoms with E-state index in [0.29, 0.717) is 17.8 Å². The monoisotopic (exact) mass is 520 g/mol. The van der Waals surface area contributed by atoms with Crippen LogP contribution in [0.4, 0.5) is 4.39 Å². The molecule has 2 aromatic carbocycles. The topological polar surface area (TPSA) is 93.0 Å². The van der Waals surface area contributed by atoms with Crippen LogP contribution in [0.15, 0.2) is 48.5 Å². The summed E-state index contributed by atoms with van der Waals surface area (Å²) in [6.07, 6.45) is 5.67. The highest BCUT2D eigenvalue weighted by molar-refractivity contribution is 5.87. The number of aryl methyl sites for hydroxylation is 1. The molecule has 1 aliphatic carbocycles. The molecule has 1 aliphatic rings. The summed E-state index contributed by atoms with van der Waals surface area (Å²) in [7, 11) is 0. The summed E-state index contributed by atoms with van der Waals surface area (Å²) in [5.74, 6) is -0.424. The Hall–Kier alpha value is -3.62. The maximum Gasteiger partial charge on any atom is 0.247 e. The first-order chi connectivity index (χ1) is 18.3. The molecule has 8 nitrogen and oxygen atoms in total. The molecule has 0 radical (unpaired) electrons. The molecule has 0 aliphatic heterocycles. The van der Waals surface area contributed by atoms with Crippen molar-refractivity contribution < 1.29 is 14.0 Å². The van der Waals surface area contributed by atoms with Crippen LogP contribution in [-0.2, 0) is 22.7 Å². The molecule has 1 fully saturated rings. The van der Waals surface area contributed by atoms with E-state index < -0.39 is 11.9 Å². The van der Waals surface area contributed by atoms with Crippen molar-refractivity contribution in [3.63, 3.8) is 0 Å². The minimum atomic E-state index is -0.746. The molecular weight excluding hydrogens is 483 g/mol. The van der Waals surface area contributed by atoms with Gasteiger partial charge < -0.3 is 10.2 Å². The average Bonchev–Trinajstić information content (AvgIpc) is 3.36. The predicted molar refractivity (Wildman–Crippen MR) is 143 cm³/mol. The van der Waals surface area contributed by atoms with Crippen LogP contribution in [0.1, 0.15) is 63.5 Å². The van der Waals surface area contributed by atoms with E-state index in [1.54, 1.807) is 18.2 Å². The van der Waals surface area contributed by atoms with E-state index in [-0.39, 0.29) is 36.9 Å². The summed E-state index contributed by atoms with van der Waals surface area (Å²) >= 11 is 0. The van der Waals surface area contributed by atoms with E-state index in [9.17, 15) is 14.0 Å². The second-order valence-corrected chi connectivity index (χ2v) is 10.6. The summed E-state index contributed by atoms with van der Waals surface area (Å²) in [6, 6.07) is 13.4. The molecular formula is C29H37FN6O2. The van der Waals surface area contributed by atoms with Crippen LogP contribution in [0.3, 0.4) is 0 Å². The molecule has 4 rings (SSSR count). The number of nitrogens with one attached hydrogen (secondary N) is 1. The number of aromatic nitrogens is 4. The van der Waals surface area contributed by atoms with Gasteiger partial charge in [0, 0.05) is 23.7 Å². The lowest BCUT2D eigenvalue weighted by Crippen LogP contribution is -2.53. The van der Waals surface area contributed by atoms with Crippen LogP contribution in [0.2, 0.25) is 0 Å². The number of benzene rings is 2. The molecule has 1 saturated carbocycles. The summed E-state index contributed by atoms with van der Waals surface area (Å²) in [4.78, 5) is 30.0. The Balaban J connectivity index is 1.59. The second-order valence-electron chi connectivity index (χ2n) is 10.6. The highest BCUT2D eigenvalue weighted by Crippen LogP contribution is 2.22. The zero-order valence-corrected chi connectivity index (χ0v) is 22.4. The minimum absolute atomic E-state index is 0.0273. The maximum atomic E-state index is 14.7. The number of hydrogen-bond donors (Lipinski definition) is 1. The fraction of sp³-hybridized carbons (Fsp3) is 0.483.